The van der Waals surface area contributed by atoms with Crippen molar-refractivity contribution in [3.63, 3.8) is 0 Å². The van der Waals surface area contributed by atoms with Crippen LogP contribution in [0.2, 0.25) is 0 Å². The first-order valence-electron chi connectivity index (χ1n) is 5.71. The molecule has 18 heavy (non-hydrogen) atoms. The van der Waals surface area contributed by atoms with E-state index in [4.69, 9.17) is 22.1 Å². The van der Waals surface area contributed by atoms with E-state index < -0.39 is 17.5 Å². The molecule has 0 spiro atoms. The lowest BCUT2D eigenvalue weighted by Gasteiger charge is -2.28. The van der Waals surface area contributed by atoms with E-state index in [-0.39, 0.29) is 24.2 Å². The highest BCUT2D eigenvalue weighted by molar-refractivity contribution is 6.18. The van der Waals surface area contributed by atoms with Gasteiger partial charge in [0.25, 0.3) is 0 Å². The number of nitrogen functional groups attached to an aromatic ring is 1. The number of halogens is 1. The summed E-state index contributed by atoms with van der Waals surface area (Å²) in [5.74, 6) is 0.403. The van der Waals surface area contributed by atoms with Gasteiger partial charge in [0, 0.05) is 6.20 Å². The zero-order valence-corrected chi connectivity index (χ0v) is 10.8. The molecule has 0 aromatic carbocycles. The fourth-order valence-electron chi connectivity index (χ4n) is 2.17. The van der Waals surface area contributed by atoms with Crippen LogP contribution < -0.4 is 11.4 Å². The summed E-state index contributed by atoms with van der Waals surface area (Å²) in [4.78, 5) is 15.4. The summed E-state index contributed by atoms with van der Waals surface area (Å²) >= 11 is 5.87. The van der Waals surface area contributed by atoms with Crippen LogP contribution in [0.25, 0.3) is 0 Å². The third kappa shape index (κ3) is 2.11. The summed E-state index contributed by atoms with van der Waals surface area (Å²) in [5, 5.41) is 9.43. The minimum Gasteiger partial charge on any atom is -0.393 e. The Bertz CT molecular complexity index is 487. The quantitative estimate of drug-likeness (QED) is 0.776. The smallest absolute Gasteiger partial charge is 0.351 e. The molecule has 3 atom stereocenters. The first-order chi connectivity index (χ1) is 8.52. The van der Waals surface area contributed by atoms with Gasteiger partial charge in [-0.2, -0.15) is 4.98 Å². The van der Waals surface area contributed by atoms with Crippen molar-refractivity contribution in [3.05, 3.63) is 22.7 Å². The highest BCUT2D eigenvalue weighted by Gasteiger charge is 2.46. The van der Waals surface area contributed by atoms with Gasteiger partial charge in [-0.15, -0.1) is 11.6 Å². The summed E-state index contributed by atoms with van der Waals surface area (Å²) in [6.45, 7) is 1.76. The van der Waals surface area contributed by atoms with Gasteiger partial charge in [-0.25, -0.2) is 4.79 Å². The number of ether oxygens (including phenoxy) is 1. The predicted octanol–water partition coefficient (Wildman–Crippen LogP) is 0.350. The molecule has 0 bridgehead atoms. The van der Waals surface area contributed by atoms with E-state index in [2.05, 4.69) is 4.98 Å². The molecule has 1 aromatic rings. The van der Waals surface area contributed by atoms with Crippen LogP contribution in [-0.4, -0.2) is 32.7 Å². The van der Waals surface area contributed by atoms with Gasteiger partial charge in [-0.1, -0.05) is 6.92 Å². The molecule has 3 N–H and O–H groups in total. The number of nitrogens with zero attached hydrogens (tertiary/aromatic N) is 2. The Morgan fingerprint density at radius 1 is 1.78 bits per heavy atom. The lowest BCUT2D eigenvalue weighted by molar-refractivity contribution is -0.0968. The molecule has 0 unspecified atom stereocenters. The number of hydrogen-bond donors (Lipinski definition) is 2. The van der Waals surface area contributed by atoms with E-state index >= 15 is 0 Å². The molecule has 1 fully saturated rings. The molecule has 6 nitrogen and oxygen atoms in total. The van der Waals surface area contributed by atoms with E-state index in [0.717, 1.165) is 0 Å². The van der Waals surface area contributed by atoms with E-state index in [1.807, 2.05) is 6.92 Å². The average molecular weight is 274 g/mol. The molecule has 2 heterocycles. The van der Waals surface area contributed by atoms with Gasteiger partial charge >= 0.3 is 5.69 Å². The third-order valence-corrected chi connectivity index (χ3v) is 3.93. The predicted molar refractivity (Wildman–Crippen MR) is 67.3 cm³/mol. The largest absolute Gasteiger partial charge is 0.393 e. The van der Waals surface area contributed by atoms with Crippen LogP contribution in [0, 0.1) is 5.92 Å². The molecule has 0 saturated carbocycles. The number of rotatable bonds is 3. The molecule has 100 valence electrons. The highest BCUT2D eigenvalue weighted by Crippen LogP contribution is 2.41. The topological polar surface area (TPSA) is 90.4 Å². The highest BCUT2D eigenvalue weighted by atomic mass is 35.5. The first-order valence-corrected chi connectivity index (χ1v) is 6.25. The standard InChI is InChI=1S/C11H16ClN3O3/c1-7-4-9(18-11(7,5-12)6-16)15-3-2-8(13)14-10(15)17/h2-3,7,9,16H,4-6H2,1H3,(H2,13,14,17)/t7-,9+,11+/m0/s1. The Morgan fingerprint density at radius 2 is 2.50 bits per heavy atom. The van der Waals surface area contributed by atoms with E-state index in [9.17, 15) is 9.90 Å². The number of anilines is 1. The summed E-state index contributed by atoms with van der Waals surface area (Å²) in [6.07, 6.45) is 1.68. The van der Waals surface area contributed by atoms with Crippen molar-refractivity contribution in [1.82, 2.24) is 9.55 Å². The van der Waals surface area contributed by atoms with Crippen molar-refractivity contribution in [2.45, 2.75) is 25.2 Å². The van der Waals surface area contributed by atoms with Crippen molar-refractivity contribution < 1.29 is 9.84 Å². The number of aromatic nitrogens is 2. The van der Waals surface area contributed by atoms with Crippen molar-refractivity contribution in [2.75, 3.05) is 18.2 Å². The van der Waals surface area contributed by atoms with Crippen LogP contribution in [0.1, 0.15) is 19.6 Å². The van der Waals surface area contributed by atoms with Crippen molar-refractivity contribution >= 4 is 17.4 Å². The Kier molecular flexibility index (Phi) is 3.61. The van der Waals surface area contributed by atoms with Gasteiger partial charge < -0.3 is 15.6 Å². The molecule has 1 saturated heterocycles. The maximum Gasteiger partial charge on any atom is 0.351 e. The Balaban J connectivity index is 2.30. The Hall–Kier alpha value is -1.11. The van der Waals surface area contributed by atoms with Crippen molar-refractivity contribution in [3.8, 4) is 0 Å². The average Bonchev–Trinajstić information content (AvgIpc) is 2.67. The van der Waals surface area contributed by atoms with Gasteiger partial charge in [0.05, 0.1) is 12.5 Å². The van der Waals surface area contributed by atoms with Crippen LogP contribution in [0.5, 0.6) is 0 Å². The fourth-order valence-corrected chi connectivity index (χ4v) is 2.58. The Morgan fingerprint density at radius 3 is 3.00 bits per heavy atom. The van der Waals surface area contributed by atoms with Gasteiger partial charge in [0.2, 0.25) is 0 Å². The maximum atomic E-state index is 11.7. The second kappa shape index (κ2) is 4.87. The zero-order valence-electron chi connectivity index (χ0n) is 10.0. The molecule has 1 aromatic heterocycles. The molecule has 1 aliphatic heterocycles. The summed E-state index contributed by atoms with van der Waals surface area (Å²) in [6, 6.07) is 1.54. The monoisotopic (exact) mass is 273 g/mol. The van der Waals surface area contributed by atoms with Crippen LogP contribution in [0.3, 0.4) is 0 Å². The summed E-state index contributed by atoms with van der Waals surface area (Å²) < 4.78 is 7.14. The van der Waals surface area contributed by atoms with Gasteiger partial charge in [-0.3, -0.25) is 4.57 Å². The minimum absolute atomic E-state index is 0.0504. The van der Waals surface area contributed by atoms with Gasteiger partial charge in [-0.05, 0) is 18.4 Å². The SMILES string of the molecule is C[C@H]1C[C@H](n2ccc(N)nc2=O)O[C@@]1(CO)CCl. The van der Waals surface area contributed by atoms with Gasteiger partial charge in [0.15, 0.2) is 0 Å². The molecule has 0 aliphatic carbocycles. The van der Waals surface area contributed by atoms with E-state index in [1.165, 1.54) is 10.6 Å². The number of alkyl halides is 1. The normalized spacial score (nSPS) is 31.7. The molecular weight excluding hydrogens is 258 g/mol. The Labute approximate surface area is 109 Å². The second-order valence-corrected chi connectivity index (χ2v) is 4.88. The zero-order chi connectivity index (χ0) is 13.3. The number of aliphatic hydroxyl groups excluding tert-OH is 1. The molecule has 0 radical (unpaired) electrons. The van der Waals surface area contributed by atoms with E-state index in [0.29, 0.717) is 6.42 Å². The minimum atomic E-state index is -0.799. The molecular formula is C11H16ClN3O3. The van der Waals surface area contributed by atoms with Crippen molar-refractivity contribution in [2.24, 2.45) is 5.92 Å². The van der Waals surface area contributed by atoms with Crippen LogP contribution >= 0.6 is 11.6 Å². The molecule has 1 aliphatic rings. The molecule has 7 heteroatoms. The number of aliphatic hydroxyl groups is 1. The van der Waals surface area contributed by atoms with Crippen molar-refractivity contribution in [1.29, 1.82) is 0 Å². The lowest BCUT2D eigenvalue weighted by atomic mass is 9.91. The lowest BCUT2D eigenvalue weighted by Crippen LogP contribution is -2.41. The number of nitrogens with two attached hydrogens (primary N) is 1. The van der Waals surface area contributed by atoms with Crippen LogP contribution in [-0.2, 0) is 4.74 Å². The second-order valence-electron chi connectivity index (χ2n) is 4.61. The summed E-state index contributed by atoms with van der Waals surface area (Å²) in [5.41, 5.74) is 4.17. The van der Waals surface area contributed by atoms with Crippen LogP contribution in [0.4, 0.5) is 5.82 Å². The molecule has 0 amide bonds. The van der Waals surface area contributed by atoms with Crippen LogP contribution in [0.15, 0.2) is 17.1 Å². The van der Waals surface area contributed by atoms with E-state index in [1.54, 1.807) is 6.20 Å². The number of hydrogen-bond acceptors (Lipinski definition) is 5. The van der Waals surface area contributed by atoms with Gasteiger partial charge in [0.1, 0.15) is 17.6 Å². The fraction of sp³-hybridized carbons (Fsp3) is 0.636. The first kappa shape index (κ1) is 13.3. The maximum absolute atomic E-state index is 11.7. The third-order valence-electron chi connectivity index (χ3n) is 3.48. The summed E-state index contributed by atoms with van der Waals surface area (Å²) in [7, 11) is 0. The molecule has 2 rings (SSSR count).